The summed E-state index contributed by atoms with van der Waals surface area (Å²) in [5, 5.41) is 3.22. The highest BCUT2D eigenvalue weighted by Crippen LogP contribution is 2.25. The molecule has 2 aromatic carbocycles. The van der Waals surface area contributed by atoms with E-state index < -0.39 is 23.2 Å². The minimum Gasteiger partial charge on any atom is -0.356 e. The summed E-state index contributed by atoms with van der Waals surface area (Å²) in [6.45, 7) is 1.36. The zero-order chi connectivity index (χ0) is 20.4. The van der Waals surface area contributed by atoms with Gasteiger partial charge in [-0.3, -0.25) is 9.36 Å². The lowest BCUT2D eigenvalue weighted by atomic mass is 10.1. The van der Waals surface area contributed by atoms with Crippen LogP contribution in [0, 0.1) is 11.6 Å². The number of hydrogen-bond acceptors (Lipinski definition) is 4. The summed E-state index contributed by atoms with van der Waals surface area (Å²) in [6.07, 6.45) is 3.25. The van der Waals surface area contributed by atoms with Gasteiger partial charge in [0.25, 0.3) is 0 Å². The fraction of sp³-hybridized carbons (Fsp3) is 0.286. The van der Waals surface area contributed by atoms with Gasteiger partial charge in [0.05, 0.1) is 5.52 Å². The first-order valence-corrected chi connectivity index (χ1v) is 9.52. The molecule has 0 aliphatic carbocycles. The van der Waals surface area contributed by atoms with Crippen molar-refractivity contribution >= 4 is 28.3 Å². The molecule has 3 aromatic rings. The van der Waals surface area contributed by atoms with Crippen molar-refractivity contribution in [3.63, 3.8) is 0 Å². The number of halogens is 2. The van der Waals surface area contributed by atoms with E-state index in [0.29, 0.717) is 11.3 Å². The molecular formula is C21H20F2N4O2. The molecule has 2 heterocycles. The number of hydrogen-bond donors (Lipinski definition) is 1. The number of rotatable bonds is 4. The summed E-state index contributed by atoms with van der Waals surface area (Å²) in [5.74, 6) is -1.53. The monoisotopic (exact) mass is 398 g/mol. The van der Waals surface area contributed by atoms with Gasteiger partial charge in [-0.15, -0.1) is 0 Å². The number of aromatic nitrogens is 2. The summed E-state index contributed by atoms with van der Waals surface area (Å²) in [7, 11) is 0. The fourth-order valence-electron chi connectivity index (χ4n) is 3.68. The predicted molar refractivity (Wildman–Crippen MR) is 107 cm³/mol. The minimum atomic E-state index is -0.796. The Balaban J connectivity index is 1.66. The maximum absolute atomic E-state index is 13.3. The Morgan fingerprint density at radius 1 is 1.03 bits per heavy atom. The molecule has 1 fully saturated rings. The normalized spacial score (nSPS) is 14.2. The van der Waals surface area contributed by atoms with E-state index in [4.69, 9.17) is 0 Å². The third-order valence-corrected chi connectivity index (χ3v) is 4.97. The smallest absolute Gasteiger partial charge is 0.350 e. The van der Waals surface area contributed by atoms with Gasteiger partial charge >= 0.3 is 5.69 Å². The first kappa shape index (κ1) is 19.0. The highest BCUT2D eigenvalue weighted by molar-refractivity contribution is 5.93. The van der Waals surface area contributed by atoms with E-state index in [9.17, 15) is 18.4 Å². The average Bonchev–Trinajstić information content (AvgIpc) is 2.70. The van der Waals surface area contributed by atoms with E-state index in [1.807, 2.05) is 12.1 Å². The van der Waals surface area contributed by atoms with Crippen molar-refractivity contribution < 1.29 is 13.6 Å². The number of carbonyl (C=O) groups excluding carboxylic acids is 1. The maximum Gasteiger partial charge on any atom is 0.350 e. The Hall–Kier alpha value is -3.29. The second kappa shape index (κ2) is 7.98. The summed E-state index contributed by atoms with van der Waals surface area (Å²) in [6, 6.07) is 10.0. The molecule has 1 aromatic heterocycles. The third-order valence-electron chi connectivity index (χ3n) is 4.97. The van der Waals surface area contributed by atoms with E-state index in [1.165, 1.54) is 4.57 Å². The fourth-order valence-corrected chi connectivity index (χ4v) is 3.68. The highest BCUT2D eigenvalue weighted by atomic mass is 19.1. The lowest BCUT2D eigenvalue weighted by molar-refractivity contribution is -0.116. The summed E-state index contributed by atoms with van der Waals surface area (Å²) in [5.41, 5.74) is 0.0428. The maximum atomic E-state index is 13.3. The Bertz CT molecular complexity index is 1100. The van der Waals surface area contributed by atoms with Gasteiger partial charge < -0.3 is 10.2 Å². The molecule has 1 aliphatic heterocycles. The lowest BCUT2D eigenvalue weighted by Crippen LogP contribution is -2.35. The van der Waals surface area contributed by atoms with E-state index in [1.54, 1.807) is 12.1 Å². The van der Waals surface area contributed by atoms with Gasteiger partial charge in [-0.2, -0.15) is 4.98 Å². The van der Waals surface area contributed by atoms with E-state index in [2.05, 4.69) is 15.2 Å². The van der Waals surface area contributed by atoms with Crippen LogP contribution in [0.5, 0.6) is 0 Å². The van der Waals surface area contributed by atoms with Crippen molar-refractivity contribution in [2.24, 2.45) is 0 Å². The molecule has 1 saturated heterocycles. The second-order valence-electron chi connectivity index (χ2n) is 7.08. The molecule has 1 aliphatic rings. The number of para-hydroxylation sites is 1. The molecule has 0 atom stereocenters. The van der Waals surface area contributed by atoms with Crippen molar-refractivity contribution in [1.29, 1.82) is 0 Å². The number of fused-ring (bicyclic) bond motifs is 1. The van der Waals surface area contributed by atoms with Crippen molar-refractivity contribution in [2.75, 3.05) is 23.3 Å². The SMILES string of the molecule is O=C(Cn1c(=O)nc(N2CCCCC2)c2ccccc21)Nc1cc(F)cc(F)c1. The summed E-state index contributed by atoms with van der Waals surface area (Å²) >= 11 is 0. The van der Waals surface area contributed by atoms with Crippen LogP contribution < -0.4 is 15.9 Å². The minimum absolute atomic E-state index is 0.0113. The second-order valence-corrected chi connectivity index (χ2v) is 7.08. The van der Waals surface area contributed by atoms with Crippen LogP contribution in [0.15, 0.2) is 47.3 Å². The van der Waals surface area contributed by atoms with Crippen molar-refractivity contribution in [3.05, 3.63) is 64.6 Å². The molecule has 6 nitrogen and oxygen atoms in total. The Kier molecular flexibility index (Phi) is 5.24. The van der Waals surface area contributed by atoms with Crippen LogP contribution in [0.4, 0.5) is 20.3 Å². The number of nitrogens with one attached hydrogen (secondary N) is 1. The average molecular weight is 398 g/mol. The van der Waals surface area contributed by atoms with E-state index in [-0.39, 0.29) is 12.2 Å². The van der Waals surface area contributed by atoms with Gasteiger partial charge in [0.2, 0.25) is 5.91 Å². The lowest BCUT2D eigenvalue weighted by Gasteiger charge is -2.28. The summed E-state index contributed by atoms with van der Waals surface area (Å²) < 4.78 is 27.9. The van der Waals surface area contributed by atoms with Crippen LogP contribution in [-0.2, 0) is 11.3 Å². The molecular weight excluding hydrogens is 378 g/mol. The molecule has 150 valence electrons. The standard InChI is InChI=1S/C21H20F2N4O2/c22-14-10-15(23)12-16(11-14)24-19(28)13-27-18-7-3-2-6-17(18)20(25-21(27)29)26-8-4-1-5-9-26/h2-3,6-7,10-12H,1,4-5,8-9,13H2,(H,24,28). The van der Waals surface area contributed by atoms with Crippen LogP contribution in [0.1, 0.15) is 19.3 Å². The number of amides is 1. The number of piperidine rings is 1. The Labute approximate surface area is 165 Å². The number of anilines is 2. The molecule has 1 N–H and O–H groups in total. The predicted octanol–water partition coefficient (Wildman–Crippen LogP) is 3.30. The van der Waals surface area contributed by atoms with Crippen LogP contribution in [-0.4, -0.2) is 28.5 Å². The largest absolute Gasteiger partial charge is 0.356 e. The van der Waals surface area contributed by atoms with Gasteiger partial charge in [0.15, 0.2) is 0 Å². The molecule has 29 heavy (non-hydrogen) atoms. The first-order valence-electron chi connectivity index (χ1n) is 9.52. The highest BCUT2D eigenvalue weighted by Gasteiger charge is 2.19. The number of carbonyl (C=O) groups is 1. The van der Waals surface area contributed by atoms with Crippen molar-refractivity contribution in [3.8, 4) is 0 Å². The van der Waals surface area contributed by atoms with E-state index in [0.717, 1.165) is 55.9 Å². The van der Waals surface area contributed by atoms with Gasteiger partial charge in [-0.05, 0) is 43.5 Å². The Morgan fingerprint density at radius 3 is 2.45 bits per heavy atom. The molecule has 0 saturated carbocycles. The molecule has 0 spiro atoms. The first-order chi connectivity index (χ1) is 14.0. The van der Waals surface area contributed by atoms with Crippen LogP contribution in [0.2, 0.25) is 0 Å². The number of benzene rings is 2. The molecule has 0 unspecified atom stereocenters. The van der Waals surface area contributed by atoms with Gasteiger partial charge in [0.1, 0.15) is 24.0 Å². The zero-order valence-electron chi connectivity index (χ0n) is 15.7. The topological polar surface area (TPSA) is 67.2 Å². The molecule has 1 amide bonds. The Morgan fingerprint density at radius 2 is 1.72 bits per heavy atom. The van der Waals surface area contributed by atoms with Gasteiger partial charge in [-0.1, -0.05) is 12.1 Å². The van der Waals surface area contributed by atoms with Crippen molar-refractivity contribution in [2.45, 2.75) is 25.8 Å². The quantitative estimate of drug-likeness (QED) is 0.732. The third kappa shape index (κ3) is 4.11. The van der Waals surface area contributed by atoms with Crippen LogP contribution in [0.3, 0.4) is 0 Å². The van der Waals surface area contributed by atoms with Crippen LogP contribution in [0.25, 0.3) is 10.9 Å². The summed E-state index contributed by atoms with van der Waals surface area (Å²) in [4.78, 5) is 31.5. The van der Waals surface area contributed by atoms with Crippen LogP contribution >= 0.6 is 0 Å². The van der Waals surface area contributed by atoms with Crippen molar-refractivity contribution in [1.82, 2.24) is 9.55 Å². The molecule has 8 heteroatoms. The molecule has 0 bridgehead atoms. The molecule has 0 radical (unpaired) electrons. The van der Waals surface area contributed by atoms with Gasteiger partial charge in [0, 0.05) is 30.2 Å². The zero-order valence-corrected chi connectivity index (χ0v) is 15.7. The number of nitrogens with zero attached hydrogens (tertiary/aromatic N) is 3. The molecule has 4 rings (SSSR count). The van der Waals surface area contributed by atoms with Gasteiger partial charge in [-0.25, -0.2) is 13.6 Å². The van der Waals surface area contributed by atoms with E-state index >= 15 is 0 Å².